The minimum Gasteiger partial charge on any atom is -0.355 e. The first kappa shape index (κ1) is 24.7. The van der Waals surface area contributed by atoms with Crippen molar-refractivity contribution in [1.29, 1.82) is 0 Å². The maximum atomic E-state index is 12.8. The molecule has 1 aliphatic carbocycles. The molecule has 0 aromatic heterocycles. The van der Waals surface area contributed by atoms with Crippen LogP contribution in [0.3, 0.4) is 0 Å². The van der Waals surface area contributed by atoms with E-state index in [9.17, 15) is 4.79 Å². The average Bonchev–Trinajstić information content (AvgIpc) is 3.39. The fourth-order valence-corrected chi connectivity index (χ4v) is 5.13. The molecule has 2 atom stereocenters. The summed E-state index contributed by atoms with van der Waals surface area (Å²) in [5.41, 5.74) is 0. The molecular weight excluding hydrogens is 477 g/mol. The van der Waals surface area contributed by atoms with E-state index in [2.05, 4.69) is 39.3 Å². The number of aliphatic imine (C=N–C) groups is 1. The molecule has 3 aliphatic rings. The van der Waals surface area contributed by atoms with Crippen molar-refractivity contribution in [3.63, 3.8) is 0 Å². The van der Waals surface area contributed by atoms with Crippen LogP contribution in [0.4, 0.5) is 0 Å². The number of carbonyl (C=O) groups excluding carboxylic acids is 1. The number of amides is 1. The van der Waals surface area contributed by atoms with Crippen molar-refractivity contribution in [3.05, 3.63) is 0 Å². The van der Waals surface area contributed by atoms with E-state index in [4.69, 9.17) is 0 Å². The van der Waals surface area contributed by atoms with Crippen LogP contribution in [0.15, 0.2) is 4.99 Å². The third kappa shape index (κ3) is 6.97. The predicted octanol–water partition coefficient (Wildman–Crippen LogP) is 3.07. The Morgan fingerprint density at radius 1 is 1.03 bits per heavy atom. The van der Waals surface area contributed by atoms with Gasteiger partial charge in [0, 0.05) is 44.7 Å². The Balaban J connectivity index is 0.00000300. The molecule has 0 aromatic carbocycles. The maximum Gasteiger partial charge on any atom is 0.225 e. The van der Waals surface area contributed by atoms with Crippen molar-refractivity contribution in [2.45, 2.75) is 77.3 Å². The first-order chi connectivity index (χ1) is 13.6. The van der Waals surface area contributed by atoms with Crippen LogP contribution in [0, 0.1) is 11.8 Å². The number of likely N-dealkylation sites (tertiary alicyclic amines) is 2. The predicted molar refractivity (Wildman–Crippen MR) is 131 cm³/mol. The minimum atomic E-state index is 0. The number of nitrogens with one attached hydrogen (secondary N) is 2. The van der Waals surface area contributed by atoms with Gasteiger partial charge >= 0.3 is 0 Å². The van der Waals surface area contributed by atoms with Gasteiger partial charge in [-0.05, 0) is 51.1 Å². The van der Waals surface area contributed by atoms with Gasteiger partial charge in [-0.1, -0.05) is 33.1 Å². The smallest absolute Gasteiger partial charge is 0.225 e. The van der Waals surface area contributed by atoms with E-state index in [1.54, 1.807) is 0 Å². The molecule has 2 N–H and O–H groups in total. The number of halogens is 1. The molecule has 7 heteroatoms. The van der Waals surface area contributed by atoms with Gasteiger partial charge in [-0.2, -0.15) is 0 Å². The Morgan fingerprint density at radius 2 is 1.72 bits per heavy atom. The first-order valence-corrected chi connectivity index (χ1v) is 11.6. The molecule has 3 rings (SSSR count). The Hall–Kier alpha value is -0.570. The molecule has 6 nitrogen and oxygen atoms in total. The van der Waals surface area contributed by atoms with Gasteiger partial charge < -0.3 is 15.5 Å². The average molecular weight is 520 g/mol. The molecule has 29 heavy (non-hydrogen) atoms. The molecule has 2 aliphatic heterocycles. The van der Waals surface area contributed by atoms with Crippen LogP contribution in [0.1, 0.15) is 65.2 Å². The summed E-state index contributed by atoms with van der Waals surface area (Å²) in [5, 5.41) is 7.12. The Labute approximate surface area is 194 Å². The molecule has 2 heterocycles. The van der Waals surface area contributed by atoms with E-state index >= 15 is 0 Å². The number of rotatable bonds is 6. The quantitative estimate of drug-likeness (QED) is 0.322. The lowest BCUT2D eigenvalue weighted by molar-refractivity contribution is -0.135. The van der Waals surface area contributed by atoms with Crippen molar-refractivity contribution in [2.75, 3.05) is 39.8 Å². The lowest BCUT2D eigenvalue weighted by Crippen LogP contribution is -2.51. The monoisotopic (exact) mass is 519 g/mol. The van der Waals surface area contributed by atoms with E-state index in [1.165, 1.54) is 45.2 Å². The molecule has 2 unspecified atom stereocenters. The summed E-state index contributed by atoms with van der Waals surface area (Å²) in [6.45, 7) is 9.69. The first-order valence-electron chi connectivity index (χ1n) is 11.6. The third-order valence-electron chi connectivity index (χ3n) is 6.88. The number of nitrogens with zero attached hydrogens (tertiary/aromatic N) is 3. The summed E-state index contributed by atoms with van der Waals surface area (Å²) in [5.74, 6) is 2.17. The largest absolute Gasteiger partial charge is 0.355 e. The van der Waals surface area contributed by atoms with Gasteiger partial charge in [0.05, 0.1) is 0 Å². The number of carbonyl (C=O) groups is 1. The fourth-order valence-electron chi connectivity index (χ4n) is 5.13. The van der Waals surface area contributed by atoms with Gasteiger partial charge in [-0.25, -0.2) is 0 Å². The van der Waals surface area contributed by atoms with Crippen LogP contribution in [0.2, 0.25) is 0 Å². The number of guanidine groups is 1. The van der Waals surface area contributed by atoms with Gasteiger partial charge in [0.25, 0.3) is 0 Å². The third-order valence-corrected chi connectivity index (χ3v) is 6.88. The number of hydrogen-bond acceptors (Lipinski definition) is 3. The maximum absolute atomic E-state index is 12.8. The van der Waals surface area contributed by atoms with Gasteiger partial charge in [0.2, 0.25) is 5.91 Å². The molecule has 0 radical (unpaired) electrons. The highest BCUT2D eigenvalue weighted by molar-refractivity contribution is 14.0. The van der Waals surface area contributed by atoms with Crippen molar-refractivity contribution in [2.24, 2.45) is 16.8 Å². The van der Waals surface area contributed by atoms with Crippen LogP contribution in [0.25, 0.3) is 0 Å². The summed E-state index contributed by atoms with van der Waals surface area (Å²) in [6.07, 6.45) is 9.57. The van der Waals surface area contributed by atoms with E-state index in [1.807, 2.05) is 7.05 Å². The Bertz CT molecular complexity index is 529. The van der Waals surface area contributed by atoms with E-state index in [0.717, 1.165) is 44.9 Å². The second-order valence-corrected chi connectivity index (χ2v) is 9.26. The van der Waals surface area contributed by atoms with Gasteiger partial charge in [0.1, 0.15) is 0 Å². The summed E-state index contributed by atoms with van der Waals surface area (Å²) < 4.78 is 0. The van der Waals surface area contributed by atoms with E-state index < -0.39 is 0 Å². The highest BCUT2D eigenvalue weighted by Crippen LogP contribution is 2.26. The highest BCUT2D eigenvalue weighted by atomic mass is 127. The summed E-state index contributed by atoms with van der Waals surface area (Å²) in [4.78, 5) is 21.9. The van der Waals surface area contributed by atoms with Gasteiger partial charge in [0.15, 0.2) is 5.96 Å². The summed E-state index contributed by atoms with van der Waals surface area (Å²) in [6, 6.07) is 0.858. The molecule has 0 aromatic rings. The fraction of sp³-hybridized carbons (Fsp3) is 0.909. The van der Waals surface area contributed by atoms with Crippen LogP contribution in [-0.2, 0) is 4.79 Å². The zero-order valence-electron chi connectivity index (χ0n) is 18.7. The normalized spacial score (nSPS) is 25.2. The SMILES string of the molecule is CN=C(NCC(C(C)C)N1CCCC1)NC1CCN(C(=O)C2CCCCC2)C1.I. The lowest BCUT2D eigenvalue weighted by atomic mass is 9.88. The second kappa shape index (κ2) is 12.3. The topological polar surface area (TPSA) is 60.0 Å². The van der Waals surface area contributed by atoms with Crippen molar-refractivity contribution in [1.82, 2.24) is 20.4 Å². The van der Waals surface area contributed by atoms with E-state index in [-0.39, 0.29) is 29.9 Å². The van der Waals surface area contributed by atoms with Crippen LogP contribution in [0.5, 0.6) is 0 Å². The minimum absolute atomic E-state index is 0. The molecule has 168 valence electrons. The Morgan fingerprint density at radius 3 is 2.34 bits per heavy atom. The summed E-state index contributed by atoms with van der Waals surface area (Å²) >= 11 is 0. The molecule has 0 bridgehead atoms. The zero-order chi connectivity index (χ0) is 19.9. The molecule has 0 spiro atoms. The molecule has 3 fully saturated rings. The lowest BCUT2D eigenvalue weighted by Gasteiger charge is -2.31. The molecular formula is C22H42IN5O. The second-order valence-electron chi connectivity index (χ2n) is 9.26. The van der Waals surface area contributed by atoms with Crippen molar-refractivity contribution < 1.29 is 4.79 Å². The molecule has 2 saturated heterocycles. The molecule has 1 amide bonds. The van der Waals surface area contributed by atoms with Gasteiger partial charge in [-0.15, -0.1) is 24.0 Å². The highest BCUT2D eigenvalue weighted by Gasteiger charge is 2.32. The van der Waals surface area contributed by atoms with E-state index in [0.29, 0.717) is 23.9 Å². The zero-order valence-corrected chi connectivity index (χ0v) is 21.0. The molecule has 1 saturated carbocycles. The van der Waals surface area contributed by atoms with Crippen molar-refractivity contribution in [3.8, 4) is 0 Å². The van der Waals surface area contributed by atoms with Crippen LogP contribution >= 0.6 is 24.0 Å². The van der Waals surface area contributed by atoms with Gasteiger partial charge in [-0.3, -0.25) is 14.7 Å². The number of hydrogen-bond donors (Lipinski definition) is 2. The standard InChI is InChI=1S/C22H41N5O.HI/c1-17(2)20(26-12-7-8-13-26)15-24-22(23-3)25-19-11-14-27(16-19)21(28)18-9-5-4-6-10-18;/h17-20H,4-16H2,1-3H3,(H2,23,24,25);1H. The van der Waals surface area contributed by atoms with Crippen LogP contribution in [-0.4, -0.2) is 73.5 Å². The Kier molecular flexibility index (Phi) is 10.5. The van der Waals surface area contributed by atoms with Crippen molar-refractivity contribution >= 4 is 35.8 Å². The van der Waals surface area contributed by atoms with Crippen LogP contribution < -0.4 is 10.6 Å². The summed E-state index contributed by atoms with van der Waals surface area (Å²) in [7, 11) is 1.84.